The maximum atomic E-state index is 12.8. The monoisotopic (exact) mass is 344 g/mol. The zero-order chi connectivity index (χ0) is 17.7. The van der Waals surface area contributed by atoms with Crippen LogP contribution in [0.5, 0.6) is 5.75 Å². The first-order valence-electron chi connectivity index (χ1n) is 9.50. The first-order valence-corrected chi connectivity index (χ1v) is 9.50. The molecule has 2 amide bonds. The summed E-state index contributed by atoms with van der Waals surface area (Å²) in [5.41, 5.74) is -0.270. The molecule has 5 heteroatoms. The van der Waals surface area contributed by atoms with Crippen LogP contribution in [0, 0.1) is 5.41 Å². The van der Waals surface area contributed by atoms with Crippen LogP contribution in [0.15, 0.2) is 24.3 Å². The van der Waals surface area contributed by atoms with E-state index in [0.717, 1.165) is 25.7 Å². The second-order valence-corrected chi connectivity index (χ2v) is 7.13. The van der Waals surface area contributed by atoms with E-state index in [0.29, 0.717) is 30.9 Å². The van der Waals surface area contributed by atoms with Gasteiger partial charge in [-0.2, -0.15) is 0 Å². The van der Waals surface area contributed by atoms with Crippen LogP contribution in [0.25, 0.3) is 0 Å². The van der Waals surface area contributed by atoms with Gasteiger partial charge >= 0.3 is 0 Å². The fourth-order valence-electron chi connectivity index (χ4n) is 3.52. The summed E-state index contributed by atoms with van der Waals surface area (Å²) >= 11 is 0. The number of nitrogens with one attached hydrogen (secondary N) is 2. The molecule has 0 spiro atoms. The van der Waals surface area contributed by atoms with Crippen molar-refractivity contribution in [3.8, 4) is 5.75 Å². The van der Waals surface area contributed by atoms with Crippen LogP contribution in [0.4, 0.5) is 5.69 Å². The first-order chi connectivity index (χ1) is 12.2. The Hall–Kier alpha value is -2.04. The van der Waals surface area contributed by atoms with Crippen LogP contribution < -0.4 is 15.4 Å². The van der Waals surface area contributed by atoms with E-state index in [1.54, 1.807) is 0 Å². The lowest BCUT2D eigenvalue weighted by atomic mass is 10.0. The van der Waals surface area contributed by atoms with Crippen molar-refractivity contribution < 1.29 is 14.3 Å². The van der Waals surface area contributed by atoms with Crippen LogP contribution in [-0.2, 0) is 9.59 Å². The molecule has 2 fully saturated rings. The zero-order valence-electron chi connectivity index (χ0n) is 15.0. The predicted octanol–water partition coefficient (Wildman–Crippen LogP) is 3.64. The highest BCUT2D eigenvalue weighted by Crippen LogP contribution is 2.47. The van der Waals surface area contributed by atoms with E-state index >= 15 is 0 Å². The number of carbonyl (C=O) groups is 2. The summed E-state index contributed by atoms with van der Waals surface area (Å²) in [5, 5.41) is 6.04. The minimum atomic E-state index is -0.897. The Kier molecular flexibility index (Phi) is 5.61. The highest BCUT2D eigenvalue weighted by molar-refractivity contribution is 6.13. The summed E-state index contributed by atoms with van der Waals surface area (Å²) < 4.78 is 5.55. The molecule has 0 atom stereocenters. The van der Waals surface area contributed by atoms with Gasteiger partial charge in [-0.15, -0.1) is 0 Å². The van der Waals surface area contributed by atoms with Crippen molar-refractivity contribution in [2.24, 2.45) is 5.41 Å². The maximum absolute atomic E-state index is 12.8. The van der Waals surface area contributed by atoms with Gasteiger partial charge in [0.25, 0.3) is 0 Å². The van der Waals surface area contributed by atoms with Gasteiger partial charge in [0.05, 0.1) is 12.3 Å². The number of ether oxygens (including phenoxy) is 1. The van der Waals surface area contributed by atoms with Crippen LogP contribution in [0.1, 0.15) is 58.3 Å². The summed E-state index contributed by atoms with van der Waals surface area (Å²) in [4.78, 5) is 25.5. The predicted molar refractivity (Wildman–Crippen MR) is 97.5 cm³/mol. The molecule has 0 heterocycles. The molecular weight excluding hydrogens is 316 g/mol. The fraction of sp³-hybridized carbons (Fsp3) is 0.600. The number of hydrogen-bond donors (Lipinski definition) is 2. The Labute approximate surface area is 149 Å². The number of para-hydroxylation sites is 2. The smallest absolute Gasteiger partial charge is 0.240 e. The van der Waals surface area contributed by atoms with Crippen LogP contribution in [0.3, 0.4) is 0 Å². The highest BCUT2D eigenvalue weighted by Gasteiger charge is 2.56. The molecule has 0 unspecified atom stereocenters. The third kappa shape index (κ3) is 4.14. The first kappa shape index (κ1) is 17.8. The minimum Gasteiger partial charge on any atom is -0.492 e. The maximum Gasteiger partial charge on any atom is 0.240 e. The van der Waals surface area contributed by atoms with Crippen molar-refractivity contribution in [2.75, 3.05) is 11.9 Å². The third-order valence-corrected chi connectivity index (χ3v) is 5.24. The standard InChI is InChI=1S/C20H28N2O3/c1-2-25-17-12-8-7-11-16(17)22-19(24)20(13-14-20)18(23)21-15-9-5-3-4-6-10-15/h7-8,11-12,15H,2-6,9-10,13-14H2,1H3,(H,21,23)(H,22,24). The fourth-order valence-corrected chi connectivity index (χ4v) is 3.52. The summed E-state index contributed by atoms with van der Waals surface area (Å²) in [5.74, 6) is 0.315. The highest BCUT2D eigenvalue weighted by atomic mass is 16.5. The van der Waals surface area contributed by atoms with Gasteiger partial charge in [-0.1, -0.05) is 37.8 Å². The largest absolute Gasteiger partial charge is 0.492 e. The summed E-state index contributed by atoms with van der Waals surface area (Å²) in [6.07, 6.45) is 8.09. The molecule has 1 aromatic rings. The molecule has 25 heavy (non-hydrogen) atoms. The lowest BCUT2D eigenvalue weighted by Crippen LogP contribution is -2.44. The van der Waals surface area contributed by atoms with Crippen molar-refractivity contribution >= 4 is 17.5 Å². The van der Waals surface area contributed by atoms with Gasteiger partial charge in [0.1, 0.15) is 11.2 Å². The molecule has 2 N–H and O–H groups in total. The van der Waals surface area contributed by atoms with Crippen molar-refractivity contribution in [3.63, 3.8) is 0 Å². The van der Waals surface area contributed by atoms with E-state index in [2.05, 4.69) is 10.6 Å². The van der Waals surface area contributed by atoms with Gasteiger partial charge in [-0.05, 0) is 44.7 Å². The summed E-state index contributed by atoms with van der Waals surface area (Å²) in [7, 11) is 0. The number of benzene rings is 1. The van der Waals surface area contributed by atoms with Gasteiger partial charge in [0, 0.05) is 6.04 Å². The van der Waals surface area contributed by atoms with E-state index in [1.165, 1.54) is 12.8 Å². The average molecular weight is 344 g/mol. The molecule has 2 aliphatic rings. The molecule has 0 bridgehead atoms. The normalized spacial score (nSPS) is 19.6. The number of anilines is 1. The zero-order valence-corrected chi connectivity index (χ0v) is 15.0. The molecular formula is C20H28N2O3. The van der Waals surface area contributed by atoms with Crippen LogP contribution in [0.2, 0.25) is 0 Å². The lowest BCUT2D eigenvalue weighted by molar-refractivity contribution is -0.134. The van der Waals surface area contributed by atoms with Crippen LogP contribution >= 0.6 is 0 Å². The Morgan fingerprint density at radius 1 is 1.08 bits per heavy atom. The van der Waals surface area contributed by atoms with Crippen LogP contribution in [-0.4, -0.2) is 24.5 Å². The topological polar surface area (TPSA) is 67.4 Å². The third-order valence-electron chi connectivity index (χ3n) is 5.24. The summed E-state index contributed by atoms with van der Waals surface area (Å²) in [6, 6.07) is 7.57. The molecule has 0 radical (unpaired) electrons. The van der Waals surface area contributed by atoms with Gasteiger partial charge < -0.3 is 15.4 Å². The second kappa shape index (κ2) is 7.89. The molecule has 0 aliphatic heterocycles. The number of amides is 2. The second-order valence-electron chi connectivity index (χ2n) is 7.13. The van der Waals surface area contributed by atoms with E-state index < -0.39 is 5.41 Å². The van der Waals surface area contributed by atoms with Crippen molar-refractivity contribution in [3.05, 3.63) is 24.3 Å². The van der Waals surface area contributed by atoms with Crippen molar-refractivity contribution in [2.45, 2.75) is 64.3 Å². The molecule has 5 nitrogen and oxygen atoms in total. The van der Waals surface area contributed by atoms with Crippen molar-refractivity contribution in [1.82, 2.24) is 5.32 Å². The molecule has 2 saturated carbocycles. The van der Waals surface area contributed by atoms with Gasteiger partial charge in [0.15, 0.2) is 0 Å². The molecule has 136 valence electrons. The number of hydrogen-bond acceptors (Lipinski definition) is 3. The van der Waals surface area contributed by atoms with Gasteiger partial charge in [-0.3, -0.25) is 9.59 Å². The molecule has 0 saturated heterocycles. The van der Waals surface area contributed by atoms with E-state index in [9.17, 15) is 9.59 Å². The van der Waals surface area contributed by atoms with Crippen molar-refractivity contribution in [1.29, 1.82) is 0 Å². The van der Waals surface area contributed by atoms with E-state index in [4.69, 9.17) is 4.74 Å². The average Bonchev–Trinajstić information content (AvgIpc) is 3.42. The van der Waals surface area contributed by atoms with E-state index in [1.807, 2.05) is 31.2 Å². The number of carbonyl (C=O) groups excluding carboxylic acids is 2. The van der Waals surface area contributed by atoms with Gasteiger partial charge in [0.2, 0.25) is 11.8 Å². The Morgan fingerprint density at radius 3 is 2.40 bits per heavy atom. The number of rotatable bonds is 6. The lowest BCUT2D eigenvalue weighted by Gasteiger charge is -2.21. The molecule has 2 aliphatic carbocycles. The minimum absolute atomic E-state index is 0.106. The SMILES string of the molecule is CCOc1ccccc1NC(=O)C1(C(=O)NC2CCCCCC2)CC1. The Balaban J connectivity index is 1.64. The van der Waals surface area contributed by atoms with Gasteiger partial charge in [-0.25, -0.2) is 0 Å². The molecule has 1 aromatic carbocycles. The molecule has 0 aromatic heterocycles. The quantitative estimate of drug-likeness (QED) is 0.611. The Bertz CT molecular complexity index is 617. The van der Waals surface area contributed by atoms with E-state index in [-0.39, 0.29) is 17.9 Å². The Morgan fingerprint density at radius 2 is 1.76 bits per heavy atom. The molecule has 3 rings (SSSR count). The summed E-state index contributed by atoms with van der Waals surface area (Å²) in [6.45, 7) is 2.43.